The summed E-state index contributed by atoms with van der Waals surface area (Å²) >= 11 is 5.21. The SMILES string of the molecule is CCC(C)(C(O)Cc1cc(Br)cs1)N1CCCCC1. The zero-order chi connectivity index (χ0) is 13.9. The van der Waals surface area contributed by atoms with Crippen LogP contribution in [-0.4, -0.2) is 34.7 Å². The van der Waals surface area contributed by atoms with Gasteiger partial charge in [0, 0.05) is 26.7 Å². The molecular weight excluding hydrogens is 322 g/mol. The fourth-order valence-electron chi connectivity index (χ4n) is 2.95. The van der Waals surface area contributed by atoms with E-state index in [4.69, 9.17) is 0 Å². The van der Waals surface area contributed by atoms with Crippen LogP contribution in [0.1, 0.15) is 44.4 Å². The van der Waals surface area contributed by atoms with E-state index in [9.17, 15) is 5.11 Å². The fourth-order valence-corrected chi connectivity index (χ4v) is 4.44. The first kappa shape index (κ1) is 15.5. The van der Waals surface area contributed by atoms with Crippen molar-refractivity contribution < 1.29 is 5.11 Å². The highest BCUT2D eigenvalue weighted by Gasteiger charge is 2.37. The zero-order valence-electron chi connectivity index (χ0n) is 11.9. The Bertz CT molecular complexity index is 403. The van der Waals surface area contributed by atoms with Crippen molar-refractivity contribution in [2.45, 2.75) is 57.6 Å². The van der Waals surface area contributed by atoms with Gasteiger partial charge in [-0.25, -0.2) is 0 Å². The van der Waals surface area contributed by atoms with Crippen molar-refractivity contribution in [3.05, 3.63) is 20.8 Å². The topological polar surface area (TPSA) is 23.5 Å². The summed E-state index contributed by atoms with van der Waals surface area (Å²) in [6.07, 6.45) is 5.35. The average Bonchev–Trinajstić information content (AvgIpc) is 2.84. The second-order valence-corrected chi connectivity index (χ2v) is 7.62. The molecule has 1 aromatic rings. The minimum absolute atomic E-state index is 0.0864. The third-order valence-corrected chi connectivity index (χ3v) is 6.25. The van der Waals surface area contributed by atoms with Gasteiger partial charge in [0.2, 0.25) is 0 Å². The monoisotopic (exact) mass is 345 g/mol. The Labute approximate surface area is 129 Å². The van der Waals surface area contributed by atoms with Gasteiger partial charge in [0.05, 0.1) is 6.10 Å². The standard InChI is InChI=1S/C15H24BrNOS/c1-3-15(2,17-7-5-4-6-8-17)14(18)10-13-9-12(16)11-19-13/h9,11,14,18H,3-8,10H2,1-2H3. The molecule has 2 rings (SSSR count). The van der Waals surface area contributed by atoms with Crippen molar-refractivity contribution in [2.75, 3.05) is 13.1 Å². The second-order valence-electron chi connectivity index (χ2n) is 5.71. The van der Waals surface area contributed by atoms with Crippen molar-refractivity contribution in [2.24, 2.45) is 0 Å². The van der Waals surface area contributed by atoms with Crippen LogP contribution in [0, 0.1) is 0 Å². The first-order valence-corrected chi connectivity index (χ1v) is 8.89. The summed E-state index contributed by atoms with van der Waals surface area (Å²) < 4.78 is 1.12. The number of likely N-dealkylation sites (tertiary alicyclic amines) is 1. The highest BCUT2D eigenvalue weighted by molar-refractivity contribution is 9.10. The molecule has 1 aliphatic heterocycles. The summed E-state index contributed by atoms with van der Waals surface area (Å²) in [6.45, 7) is 6.69. The van der Waals surface area contributed by atoms with Gasteiger partial charge in [-0.2, -0.15) is 0 Å². The summed E-state index contributed by atoms with van der Waals surface area (Å²) in [4.78, 5) is 3.76. The van der Waals surface area contributed by atoms with Crippen molar-refractivity contribution in [1.82, 2.24) is 4.90 Å². The van der Waals surface area contributed by atoms with Crippen molar-refractivity contribution >= 4 is 27.3 Å². The van der Waals surface area contributed by atoms with Crippen LogP contribution >= 0.6 is 27.3 Å². The van der Waals surface area contributed by atoms with Gasteiger partial charge >= 0.3 is 0 Å². The highest BCUT2D eigenvalue weighted by atomic mass is 79.9. The minimum Gasteiger partial charge on any atom is -0.391 e. The van der Waals surface area contributed by atoms with E-state index < -0.39 is 0 Å². The van der Waals surface area contributed by atoms with Gasteiger partial charge in [0.25, 0.3) is 0 Å². The minimum atomic E-state index is -0.291. The third kappa shape index (κ3) is 3.60. The Morgan fingerprint density at radius 3 is 2.63 bits per heavy atom. The van der Waals surface area contributed by atoms with Crippen LogP contribution in [0.2, 0.25) is 0 Å². The number of halogens is 1. The van der Waals surface area contributed by atoms with Crippen LogP contribution in [-0.2, 0) is 6.42 Å². The van der Waals surface area contributed by atoms with Crippen molar-refractivity contribution in [3.8, 4) is 0 Å². The van der Waals surface area contributed by atoms with E-state index in [2.05, 4.69) is 46.1 Å². The quantitative estimate of drug-likeness (QED) is 0.869. The molecule has 0 amide bonds. The van der Waals surface area contributed by atoms with Gasteiger partial charge in [-0.15, -0.1) is 11.3 Å². The summed E-state index contributed by atoms with van der Waals surface area (Å²) in [6, 6.07) is 2.13. The first-order chi connectivity index (χ1) is 9.06. The number of thiophene rings is 1. The third-order valence-electron chi connectivity index (χ3n) is 4.53. The van der Waals surface area contributed by atoms with Crippen molar-refractivity contribution in [1.29, 1.82) is 0 Å². The van der Waals surface area contributed by atoms with E-state index in [0.29, 0.717) is 0 Å². The molecule has 4 heteroatoms. The first-order valence-electron chi connectivity index (χ1n) is 7.22. The van der Waals surface area contributed by atoms with Crippen LogP contribution in [0.15, 0.2) is 15.9 Å². The molecule has 1 aromatic heterocycles. The molecular formula is C15H24BrNOS. The summed E-state index contributed by atoms with van der Waals surface area (Å²) in [7, 11) is 0. The molecule has 1 N–H and O–H groups in total. The van der Waals surface area contributed by atoms with Crippen molar-refractivity contribution in [3.63, 3.8) is 0 Å². The maximum atomic E-state index is 10.7. The molecule has 0 bridgehead atoms. The van der Waals surface area contributed by atoms with Gasteiger partial charge in [-0.05, 0) is 61.3 Å². The fraction of sp³-hybridized carbons (Fsp3) is 0.733. The summed E-state index contributed by atoms with van der Waals surface area (Å²) in [5, 5.41) is 12.8. The molecule has 1 saturated heterocycles. The molecule has 1 fully saturated rings. The molecule has 2 atom stereocenters. The molecule has 1 aliphatic rings. The average molecular weight is 346 g/mol. The van der Waals surface area contributed by atoms with Gasteiger partial charge < -0.3 is 5.11 Å². The smallest absolute Gasteiger partial charge is 0.0769 e. The van der Waals surface area contributed by atoms with Crippen LogP contribution < -0.4 is 0 Å². The Hall–Kier alpha value is 0.1000. The molecule has 108 valence electrons. The predicted octanol–water partition coefficient (Wildman–Crippen LogP) is 4.07. The molecule has 2 heterocycles. The molecule has 0 spiro atoms. The summed E-state index contributed by atoms with van der Waals surface area (Å²) in [5.41, 5.74) is -0.0864. The number of aliphatic hydroxyl groups is 1. The van der Waals surface area contributed by atoms with E-state index in [1.807, 2.05) is 0 Å². The van der Waals surface area contributed by atoms with Gasteiger partial charge in [-0.1, -0.05) is 13.3 Å². The molecule has 19 heavy (non-hydrogen) atoms. The lowest BCUT2D eigenvalue weighted by molar-refractivity contribution is -0.0325. The van der Waals surface area contributed by atoms with E-state index in [0.717, 1.165) is 30.4 Å². The van der Waals surface area contributed by atoms with Crippen LogP contribution in [0.5, 0.6) is 0 Å². The Balaban J connectivity index is 2.06. The molecule has 0 saturated carbocycles. The molecule has 2 unspecified atom stereocenters. The number of nitrogens with zero attached hydrogens (tertiary/aromatic N) is 1. The van der Waals surface area contributed by atoms with E-state index in [1.54, 1.807) is 11.3 Å². The zero-order valence-corrected chi connectivity index (χ0v) is 14.3. The van der Waals surface area contributed by atoms with E-state index >= 15 is 0 Å². The lowest BCUT2D eigenvalue weighted by atomic mass is 9.85. The Morgan fingerprint density at radius 1 is 1.42 bits per heavy atom. The van der Waals surface area contributed by atoms with Gasteiger partial charge in [0.15, 0.2) is 0 Å². The van der Waals surface area contributed by atoms with Crippen LogP contribution in [0.25, 0.3) is 0 Å². The molecule has 0 aliphatic carbocycles. The van der Waals surface area contributed by atoms with Crippen LogP contribution in [0.3, 0.4) is 0 Å². The lowest BCUT2D eigenvalue weighted by Gasteiger charge is -2.46. The van der Waals surface area contributed by atoms with Gasteiger partial charge in [0.1, 0.15) is 0 Å². The summed E-state index contributed by atoms with van der Waals surface area (Å²) in [5.74, 6) is 0. The molecule has 2 nitrogen and oxygen atoms in total. The Morgan fingerprint density at radius 2 is 2.11 bits per heavy atom. The lowest BCUT2D eigenvalue weighted by Crippen LogP contribution is -2.56. The number of hydrogen-bond donors (Lipinski definition) is 1. The highest BCUT2D eigenvalue weighted by Crippen LogP contribution is 2.31. The van der Waals surface area contributed by atoms with Gasteiger partial charge in [-0.3, -0.25) is 4.90 Å². The predicted molar refractivity (Wildman–Crippen MR) is 85.8 cm³/mol. The molecule has 0 radical (unpaired) electrons. The van der Waals surface area contributed by atoms with E-state index in [1.165, 1.54) is 24.1 Å². The normalized spacial score (nSPS) is 22.1. The maximum absolute atomic E-state index is 10.7. The number of rotatable bonds is 5. The maximum Gasteiger partial charge on any atom is 0.0769 e. The Kier molecular flexibility index (Phi) is 5.46. The van der Waals surface area contributed by atoms with E-state index in [-0.39, 0.29) is 11.6 Å². The number of hydrogen-bond acceptors (Lipinski definition) is 3. The number of aliphatic hydroxyl groups excluding tert-OH is 1. The van der Waals surface area contributed by atoms with Crippen LogP contribution in [0.4, 0.5) is 0 Å². The number of piperidine rings is 1. The molecule has 0 aromatic carbocycles. The largest absolute Gasteiger partial charge is 0.391 e. The second kappa shape index (κ2) is 6.70.